The Morgan fingerprint density at radius 2 is 1.81 bits per heavy atom. The van der Waals surface area contributed by atoms with Gasteiger partial charge >= 0.3 is 0 Å². The monoisotopic (exact) mass is 395 g/mol. The number of amides is 1. The first kappa shape index (κ1) is 18.6. The third-order valence-electron chi connectivity index (χ3n) is 3.74. The Kier molecular flexibility index (Phi) is 6.06. The van der Waals surface area contributed by atoms with E-state index in [4.69, 9.17) is 16.3 Å². The molecule has 0 radical (unpaired) electrons. The van der Waals surface area contributed by atoms with E-state index < -0.39 is 0 Å². The molecule has 3 rings (SSSR count). The molecule has 0 atom stereocenters. The van der Waals surface area contributed by atoms with Crippen molar-refractivity contribution in [2.75, 3.05) is 13.2 Å². The highest BCUT2D eigenvalue weighted by Gasteiger charge is 2.17. The van der Waals surface area contributed by atoms with Crippen LogP contribution in [0.2, 0.25) is 5.02 Å². The second-order valence-corrected chi connectivity index (χ2v) is 7.08. The van der Waals surface area contributed by atoms with Crippen LogP contribution in [0.5, 0.6) is 5.75 Å². The Morgan fingerprint density at radius 3 is 2.58 bits per heavy atom. The Hall–Kier alpha value is -2.18. The summed E-state index contributed by atoms with van der Waals surface area (Å²) in [7, 11) is 0. The van der Waals surface area contributed by atoms with Crippen LogP contribution in [0.15, 0.2) is 42.5 Å². The summed E-state index contributed by atoms with van der Waals surface area (Å²) in [6.45, 7) is 0.953. The topological polar surface area (TPSA) is 38.3 Å². The van der Waals surface area contributed by atoms with Crippen molar-refractivity contribution in [1.29, 1.82) is 0 Å². The number of carbonyl (C=O) groups excluding carboxylic acids is 1. The summed E-state index contributed by atoms with van der Waals surface area (Å²) >= 11 is 7.40. The van der Waals surface area contributed by atoms with Crippen LogP contribution in [-0.2, 0) is 0 Å². The van der Waals surface area contributed by atoms with E-state index in [1.807, 2.05) is 0 Å². The molecule has 3 aromatic rings. The molecule has 0 saturated heterocycles. The van der Waals surface area contributed by atoms with E-state index in [0.717, 1.165) is 12.8 Å². The Labute approximate surface area is 158 Å². The van der Waals surface area contributed by atoms with Crippen molar-refractivity contribution >= 4 is 38.9 Å². The van der Waals surface area contributed by atoms with E-state index in [0.29, 0.717) is 38.9 Å². The zero-order chi connectivity index (χ0) is 18.5. The van der Waals surface area contributed by atoms with Gasteiger partial charge in [0, 0.05) is 16.6 Å². The molecule has 0 fully saturated rings. The minimum atomic E-state index is -0.358. The van der Waals surface area contributed by atoms with Crippen LogP contribution in [0.25, 0.3) is 10.1 Å². The first-order chi connectivity index (χ1) is 12.5. The van der Waals surface area contributed by atoms with E-state index >= 15 is 0 Å². The number of ether oxygens (including phenoxy) is 1. The van der Waals surface area contributed by atoms with Crippen molar-refractivity contribution in [3.05, 3.63) is 64.0 Å². The van der Waals surface area contributed by atoms with Gasteiger partial charge in [0.2, 0.25) is 0 Å². The van der Waals surface area contributed by atoms with Crippen molar-refractivity contribution in [2.45, 2.75) is 12.8 Å². The van der Waals surface area contributed by atoms with Crippen LogP contribution >= 0.6 is 22.9 Å². The molecule has 26 heavy (non-hydrogen) atoms. The van der Waals surface area contributed by atoms with E-state index in [1.165, 1.54) is 35.6 Å². The molecular formula is C19H16ClF2NO2S. The molecular weight excluding hydrogens is 380 g/mol. The van der Waals surface area contributed by atoms with E-state index in [9.17, 15) is 13.6 Å². The maximum atomic E-state index is 13.3. The van der Waals surface area contributed by atoms with Gasteiger partial charge < -0.3 is 10.1 Å². The third-order valence-corrected chi connectivity index (χ3v) is 5.39. The summed E-state index contributed by atoms with van der Waals surface area (Å²) in [6, 6.07) is 10.1. The molecule has 136 valence electrons. The molecule has 0 saturated carbocycles. The zero-order valence-corrected chi connectivity index (χ0v) is 15.3. The van der Waals surface area contributed by atoms with E-state index in [2.05, 4.69) is 5.32 Å². The predicted molar refractivity (Wildman–Crippen MR) is 100 cm³/mol. The van der Waals surface area contributed by atoms with Gasteiger partial charge in [0.15, 0.2) is 0 Å². The van der Waals surface area contributed by atoms with Crippen LogP contribution in [0.4, 0.5) is 8.78 Å². The second-order valence-electron chi connectivity index (χ2n) is 5.65. The van der Waals surface area contributed by atoms with E-state index in [-0.39, 0.29) is 17.5 Å². The van der Waals surface area contributed by atoms with Crippen molar-refractivity contribution in [2.24, 2.45) is 0 Å². The molecule has 0 bridgehead atoms. The standard InChI is InChI=1S/C19H16ClF2NO2S/c20-17-15-8-5-13(22)11-16(15)26-18(17)19(24)23-9-1-2-10-25-14-6-3-12(21)4-7-14/h3-8,11H,1-2,9-10H2,(H,23,24). The van der Waals surface area contributed by atoms with Crippen molar-refractivity contribution in [3.63, 3.8) is 0 Å². The van der Waals surface area contributed by atoms with Gasteiger partial charge in [-0.3, -0.25) is 4.79 Å². The number of carbonyl (C=O) groups is 1. The third kappa shape index (κ3) is 4.51. The first-order valence-electron chi connectivity index (χ1n) is 8.09. The van der Waals surface area contributed by atoms with Gasteiger partial charge in [-0.2, -0.15) is 0 Å². The summed E-state index contributed by atoms with van der Waals surface area (Å²) < 4.78 is 32.2. The summed E-state index contributed by atoms with van der Waals surface area (Å²) in [6.07, 6.45) is 1.47. The summed E-state index contributed by atoms with van der Waals surface area (Å²) in [5.41, 5.74) is 0. The fraction of sp³-hybridized carbons (Fsp3) is 0.211. The summed E-state index contributed by atoms with van der Waals surface area (Å²) in [5, 5.41) is 3.84. The molecule has 7 heteroatoms. The largest absolute Gasteiger partial charge is 0.494 e. The molecule has 0 unspecified atom stereocenters. The minimum absolute atomic E-state index is 0.268. The van der Waals surface area contributed by atoms with Gasteiger partial charge in [0.05, 0.1) is 11.6 Å². The maximum absolute atomic E-state index is 13.3. The van der Waals surface area contributed by atoms with Gasteiger partial charge in [-0.25, -0.2) is 8.78 Å². The van der Waals surface area contributed by atoms with Gasteiger partial charge in [-0.05, 0) is 55.3 Å². The first-order valence-corrected chi connectivity index (χ1v) is 9.28. The molecule has 0 aliphatic heterocycles. The van der Waals surface area contributed by atoms with Crippen LogP contribution in [0, 0.1) is 11.6 Å². The van der Waals surface area contributed by atoms with E-state index in [1.54, 1.807) is 18.2 Å². The molecule has 1 aromatic heterocycles. The van der Waals surface area contributed by atoms with Gasteiger partial charge in [0.25, 0.3) is 5.91 Å². The predicted octanol–water partition coefficient (Wildman–Crippen LogP) is 5.42. The van der Waals surface area contributed by atoms with Gasteiger partial charge in [0.1, 0.15) is 22.3 Å². The van der Waals surface area contributed by atoms with Crippen LogP contribution < -0.4 is 10.1 Å². The second kappa shape index (κ2) is 8.47. The quantitative estimate of drug-likeness (QED) is 0.542. The Bertz CT molecular complexity index is 912. The molecule has 2 aromatic carbocycles. The SMILES string of the molecule is O=C(NCCCCOc1ccc(F)cc1)c1sc2cc(F)ccc2c1Cl. The molecule has 3 nitrogen and oxygen atoms in total. The lowest BCUT2D eigenvalue weighted by atomic mass is 10.2. The number of hydrogen-bond donors (Lipinski definition) is 1. The lowest BCUT2D eigenvalue weighted by Crippen LogP contribution is -2.24. The van der Waals surface area contributed by atoms with Crippen LogP contribution in [0.1, 0.15) is 22.5 Å². The maximum Gasteiger partial charge on any atom is 0.262 e. The van der Waals surface area contributed by atoms with Gasteiger partial charge in [-0.15, -0.1) is 11.3 Å². The number of fused-ring (bicyclic) bond motifs is 1. The average molecular weight is 396 g/mol. The zero-order valence-electron chi connectivity index (χ0n) is 13.7. The highest BCUT2D eigenvalue weighted by molar-refractivity contribution is 7.21. The van der Waals surface area contributed by atoms with Gasteiger partial charge in [-0.1, -0.05) is 11.6 Å². The normalized spacial score (nSPS) is 10.9. The molecule has 1 heterocycles. The fourth-order valence-corrected chi connectivity index (χ4v) is 3.87. The number of thiophene rings is 1. The molecule has 0 aliphatic rings. The Morgan fingerprint density at radius 1 is 1.08 bits per heavy atom. The van der Waals surface area contributed by atoms with Crippen molar-refractivity contribution < 1.29 is 18.3 Å². The van der Waals surface area contributed by atoms with Crippen LogP contribution in [-0.4, -0.2) is 19.1 Å². The lowest BCUT2D eigenvalue weighted by Gasteiger charge is -2.07. The number of halogens is 3. The number of unbranched alkanes of at least 4 members (excludes halogenated alkanes) is 1. The highest BCUT2D eigenvalue weighted by Crippen LogP contribution is 2.35. The number of hydrogen-bond acceptors (Lipinski definition) is 3. The number of benzene rings is 2. The number of nitrogens with one attached hydrogen (secondary N) is 1. The molecule has 0 aliphatic carbocycles. The lowest BCUT2D eigenvalue weighted by molar-refractivity contribution is 0.0956. The molecule has 1 N–H and O–H groups in total. The average Bonchev–Trinajstić information content (AvgIpc) is 2.95. The summed E-state index contributed by atoms with van der Waals surface area (Å²) in [5.74, 6) is -0.318. The fourth-order valence-electron chi connectivity index (χ4n) is 2.42. The molecule has 1 amide bonds. The highest BCUT2D eigenvalue weighted by atomic mass is 35.5. The van der Waals surface area contributed by atoms with Crippen molar-refractivity contribution in [1.82, 2.24) is 5.32 Å². The minimum Gasteiger partial charge on any atom is -0.494 e. The smallest absolute Gasteiger partial charge is 0.262 e. The van der Waals surface area contributed by atoms with Crippen molar-refractivity contribution in [3.8, 4) is 5.75 Å². The summed E-state index contributed by atoms with van der Waals surface area (Å²) in [4.78, 5) is 12.6. The molecule has 0 spiro atoms. The number of rotatable bonds is 7. The Balaban J connectivity index is 1.44. The van der Waals surface area contributed by atoms with Crippen LogP contribution in [0.3, 0.4) is 0 Å².